The molecule has 0 aromatic carbocycles. The normalized spacial score (nSPS) is 15.1. The molecule has 0 aromatic rings. The smallest absolute Gasteiger partial charge is 0.326 e. The minimum Gasteiger partial charge on any atom is -0.481 e. The van der Waals surface area contributed by atoms with Crippen LogP contribution in [0.3, 0.4) is 0 Å². The summed E-state index contributed by atoms with van der Waals surface area (Å²) in [4.78, 5) is 57.8. The minimum atomic E-state index is -1.44. The Morgan fingerprint density at radius 1 is 0.857 bits per heavy atom. The van der Waals surface area contributed by atoms with Crippen molar-refractivity contribution < 1.29 is 39.3 Å². The van der Waals surface area contributed by atoms with Gasteiger partial charge in [-0.25, -0.2) is 4.79 Å². The Morgan fingerprint density at radius 3 is 1.82 bits per heavy atom. The standard InChI is InChI=1S/C16H28N4O8/c1-7(2)12(17)15(26)20-10(6-21)14(25)18-8(3)13(24)19-9(16(27)28)4-5-11(22)23/h7-10,12,21H,4-6,17H2,1-3H3,(H,18,25)(H,19,24)(H,20,26)(H,22,23)(H,27,28). The predicted octanol–water partition coefficient (Wildman–Crippen LogP) is -2.61. The number of aliphatic carboxylic acids is 2. The maximum Gasteiger partial charge on any atom is 0.326 e. The second kappa shape index (κ2) is 11.9. The molecule has 0 bridgehead atoms. The SMILES string of the molecule is CC(NC(=O)C(CO)NC(=O)C(N)C(C)C)C(=O)NC(CCC(=O)O)C(=O)O. The molecule has 4 unspecified atom stereocenters. The van der Waals surface area contributed by atoms with Gasteiger partial charge in [-0.15, -0.1) is 0 Å². The fraction of sp³-hybridized carbons (Fsp3) is 0.688. The van der Waals surface area contributed by atoms with E-state index in [2.05, 4.69) is 16.0 Å². The Morgan fingerprint density at radius 2 is 1.39 bits per heavy atom. The zero-order chi connectivity index (χ0) is 22.0. The molecule has 0 saturated heterocycles. The lowest BCUT2D eigenvalue weighted by Gasteiger charge is -2.23. The first-order valence-electron chi connectivity index (χ1n) is 8.62. The largest absolute Gasteiger partial charge is 0.481 e. The maximum atomic E-state index is 12.2. The molecule has 0 aliphatic heterocycles. The van der Waals surface area contributed by atoms with Crippen LogP contribution < -0.4 is 21.7 Å². The van der Waals surface area contributed by atoms with E-state index < -0.39 is 66.9 Å². The topological polar surface area (TPSA) is 208 Å². The summed E-state index contributed by atoms with van der Waals surface area (Å²) in [6.07, 6.45) is -0.799. The van der Waals surface area contributed by atoms with Crippen molar-refractivity contribution >= 4 is 29.7 Å². The molecule has 0 fully saturated rings. The van der Waals surface area contributed by atoms with Gasteiger partial charge in [0.05, 0.1) is 12.6 Å². The summed E-state index contributed by atoms with van der Waals surface area (Å²) in [6.45, 7) is 3.92. The number of amides is 3. The predicted molar refractivity (Wildman–Crippen MR) is 95.9 cm³/mol. The third kappa shape index (κ3) is 8.77. The molecule has 0 aromatic heterocycles. The molecule has 0 aliphatic rings. The lowest BCUT2D eigenvalue weighted by Crippen LogP contribution is -2.57. The van der Waals surface area contributed by atoms with Gasteiger partial charge in [0, 0.05) is 6.42 Å². The molecule has 3 amide bonds. The molecule has 0 spiro atoms. The summed E-state index contributed by atoms with van der Waals surface area (Å²) in [5.41, 5.74) is 5.66. The van der Waals surface area contributed by atoms with Crippen LogP contribution in [-0.2, 0) is 24.0 Å². The summed E-state index contributed by atoms with van der Waals surface area (Å²) in [7, 11) is 0. The van der Waals surface area contributed by atoms with Crippen molar-refractivity contribution in [2.24, 2.45) is 11.7 Å². The number of nitrogens with two attached hydrogens (primary N) is 1. The number of aliphatic hydroxyl groups is 1. The van der Waals surface area contributed by atoms with Gasteiger partial charge in [-0.2, -0.15) is 0 Å². The average Bonchev–Trinajstić information content (AvgIpc) is 2.60. The van der Waals surface area contributed by atoms with Gasteiger partial charge >= 0.3 is 11.9 Å². The Labute approximate surface area is 161 Å². The van der Waals surface area contributed by atoms with Gasteiger partial charge in [-0.05, 0) is 19.3 Å². The van der Waals surface area contributed by atoms with E-state index in [-0.39, 0.29) is 12.3 Å². The molecule has 0 aliphatic carbocycles. The highest BCUT2D eigenvalue weighted by molar-refractivity contribution is 5.94. The molecule has 8 N–H and O–H groups in total. The second-order valence-electron chi connectivity index (χ2n) is 6.58. The number of rotatable bonds is 12. The molecule has 12 nitrogen and oxygen atoms in total. The Kier molecular flexibility index (Phi) is 10.7. The van der Waals surface area contributed by atoms with Crippen LogP contribution in [0, 0.1) is 5.92 Å². The van der Waals surface area contributed by atoms with E-state index in [0.717, 1.165) is 0 Å². The third-order valence-corrected chi connectivity index (χ3v) is 3.85. The summed E-state index contributed by atoms with van der Waals surface area (Å²) in [6, 6.07) is -4.90. The van der Waals surface area contributed by atoms with Crippen LogP contribution in [0.2, 0.25) is 0 Å². The van der Waals surface area contributed by atoms with E-state index in [1.54, 1.807) is 13.8 Å². The quantitative estimate of drug-likeness (QED) is 0.181. The van der Waals surface area contributed by atoms with E-state index in [1.807, 2.05) is 0 Å². The molecular formula is C16H28N4O8. The third-order valence-electron chi connectivity index (χ3n) is 3.85. The molecule has 0 radical (unpaired) electrons. The number of carboxylic acid groups (broad SMARTS) is 2. The Hall–Kier alpha value is -2.73. The lowest BCUT2D eigenvalue weighted by atomic mass is 10.0. The van der Waals surface area contributed by atoms with Gasteiger partial charge in [0.25, 0.3) is 0 Å². The van der Waals surface area contributed by atoms with E-state index in [9.17, 15) is 29.1 Å². The first-order chi connectivity index (χ1) is 12.9. The van der Waals surface area contributed by atoms with Crippen molar-refractivity contribution in [2.75, 3.05) is 6.61 Å². The molecule has 12 heteroatoms. The highest BCUT2D eigenvalue weighted by atomic mass is 16.4. The molecule has 4 atom stereocenters. The van der Waals surface area contributed by atoms with E-state index in [4.69, 9.17) is 15.9 Å². The van der Waals surface area contributed by atoms with Gasteiger partial charge in [0.15, 0.2) is 0 Å². The number of hydrogen-bond donors (Lipinski definition) is 7. The summed E-state index contributed by atoms with van der Waals surface area (Å²) in [5.74, 6) is -5.23. The maximum absolute atomic E-state index is 12.2. The van der Waals surface area contributed by atoms with E-state index >= 15 is 0 Å². The van der Waals surface area contributed by atoms with Crippen LogP contribution in [0.25, 0.3) is 0 Å². The summed E-state index contributed by atoms with van der Waals surface area (Å²) >= 11 is 0. The van der Waals surface area contributed by atoms with Crippen molar-refractivity contribution in [3.05, 3.63) is 0 Å². The lowest BCUT2D eigenvalue weighted by molar-refractivity contribution is -0.143. The van der Waals surface area contributed by atoms with Gasteiger partial charge in [0.1, 0.15) is 18.1 Å². The van der Waals surface area contributed by atoms with Crippen LogP contribution in [-0.4, -0.2) is 75.8 Å². The first kappa shape index (κ1) is 25.3. The first-order valence-corrected chi connectivity index (χ1v) is 8.62. The van der Waals surface area contributed by atoms with Crippen molar-refractivity contribution in [1.29, 1.82) is 0 Å². The highest BCUT2D eigenvalue weighted by Crippen LogP contribution is 2.01. The number of carbonyl (C=O) groups excluding carboxylic acids is 3. The Bertz CT molecular complexity index is 595. The number of hydrogen-bond acceptors (Lipinski definition) is 7. The molecule has 0 rings (SSSR count). The second-order valence-corrected chi connectivity index (χ2v) is 6.58. The number of aliphatic hydroxyl groups excluding tert-OH is 1. The van der Waals surface area contributed by atoms with Crippen LogP contribution in [0.15, 0.2) is 0 Å². The van der Waals surface area contributed by atoms with Crippen molar-refractivity contribution in [3.63, 3.8) is 0 Å². The minimum absolute atomic E-state index is 0.203. The molecule has 28 heavy (non-hydrogen) atoms. The fourth-order valence-corrected chi connectivity index (χ4v) is 1.97. The van der Waals surface area contributed by atoms with Crippen LogP contribution in [0.4, 0.5) is 0 Å². The number of carbonyl (C=O) groups is 5. The van der Waals surface area contributed by atoms with Crippen molar-refractivity contribution in [2.45, 2.75) is 57.8 Å². The van der Waals surface area contributed by atoms with Crippen LogP contribution in [0.1, 0.15) is 33.6 Å². The number of nitrogens with one attached hydrogen (secondary N) is 3. The molecular weight excluding hydrogens is 376 g/mol. The monoisotopic (exact) mass is 404 g/mol. The van der Waals surface area contributed by atoms with E-state index in [1.165, 1.54) is 6.92 Å². The van der Waals surface area contributed by atoms with Crippen molar-refractivity contribution in [1.82, 2.24) is 16.0 Å². The van der Waals surface area contributed by atoms with E-state index in [0.29, 0.717) is 0 Å². The van der Waals surface area contributed by atoms with Gasteiger partial charge in [0.2, 0.25) is 17.7 Å². The zero-order valence-electron chi connectivity index (χ0n) is 16.0. The Balaban J connectivity index is 4.82. The number of carboxylic acids is 2. The van der Waals surface area contributed by atoms with Gasteiger partial charge in [-0.1, -0.05) is 13.8 Å². The highest BCUT2D eigenvalue weighted by Gasteiger charge is 2.28. The molecule has 160 valence electrons. The van der Waals surface area contributed by atoms with Gasteiger partial charge in [-0.3, -0.25) is 19.2 Å². The fourth-order valence-electron chi connectivity index (χ4n) is 1.97. The van der Waals surface area contributed by atoms with Gasteiger partial charge < -0.3 is 37.0 Å². The van der Waals surface area contributed by atoms with Crippen molar-refractivity contribution in [3.8, 4) is 0 Å². The summed E-state index contributed by atoms with van der Waals surface area (Å²) < 4.78 is 0. The average molecular weight is 404 g/mol. The summed E-state index contributed by atoms with van der Waals surface area (Å²) in [5, 5.41) is 33.6. The molecule has 0 heterocycles. The molecule has 0 saturated carbocycles. The van der Waals surface area contributed by atoms with Crippen LogP contribution >= 0.6 is 0 Å². The van der Waals surface area contributed by atoms with Crippen LogP contribution in [0.5, 0.6) is 0 Å². The zero-order valence-corrected chi connectivity index (χ0v) is 16.0.